The molecular weight excluding hydrogens is 752 g/mol. The molecule has 3 aromatic rings. The summed E-state index contributed by atoms with van der Waals surface area (Å²) < 4.78 is 60.5. The smallest absolute Gasteiger partial charge is 0.259 e. The van der Waals surface area contributed by atoms with E-state index in [0.717, 1.165) is 24.6 Å². The molecule has 3 fully saturated rings. The monoisotopic (exact) mass is 804 g/mol. The molecular formula is C43H53FN4O8S. The summed E-state index contributed by atoms with van der Waals surface area (Å²) in [5.41, 5.74) is -0.556. The van der Waals surface area contributed by atoms with Gasteiger partial charge in [-0.3, -0.25) is 19.1 Å². The molecule has 0 radical (unpaired) electrons. The lowest BCUT2D eigenvalue weighted by Crippen LogP contribution is -2.57. The number of benzene rings is 2. The highest BCUT2D eigenvalue weighted by molar-refractivity contribution is 7.91. The van der Waals surface area contributed by atoms with Gasteiger partial charge in [0.25, 0.3) is 5.91 Å². The zero-order chi connectivity index (χ0) is 40.9. The summed E-state index contributed by atoms with van der Waals surface area (Å²) in [7, 11) is -2.41. The van der Waals surface area contributed by atoms with Crippen LogP contribution in [0.4, 0.5) is 4.39 Å². The van der Waals surface area contributed by atoms with E-state index in [4.69, 9.17) is 19.2 Å². The van der Waals surface area contributed by atoms with Gasteiger partial charge in [-0.2, -0.15) is 0 Å². The highest BCUT2D eigenvalue weighted by Crippen LogP contribution is 2.48. The molecule has 306 valence electrons. The van der Waals surface area contributed by atoms with Crippen LogP contribution in [-0.4, -0.2) is 78.2 Å². The molecule has 3 amide bonds. The highest BCUT2D eigenvalue weighted by atomic mass is 32.2. The Morgan fingerprint density at radius 3 is 2.54 bits per heavy atom. The maximum Gasteiger partial charge on any atom is 0.259 e. The minimum atomic E-state index is -3.97. The van der Waals surface area contributed by atoms with Gasteiger partial charge in [-0.15, -0.1) is 0 Å². The van der Waals surface area contributed by atoms with Gasteiger partial charge in [0.15, 0.2) is 11.6 Å². The third-order valence-corrected chi connectivity index (χ3v) is 14.0. The minimum absolute atomic E-state index is 0.0554. The van der Waals surface area contributed by atoms with Gasteiger partial charge in [-0.25, -0.2) is 17.8 Å². The fourth-order valence-electron chi connectivity index (χ4n) is 8.15. The van der Waals surface area contributed by atoms with Crippen LogP contribution in [0.3, 0.4) is 0 Å². The topological polar surface area (TPSA) is 153 Å². The van der Waals surface area contributed by atoms with E-state index in [1.807, 2.05) is 51.1 Å². The zero-order valence-electron chi connectivity index (χ0n) is 33.5. The summed E-state index contributed by atoms with van der Waals surface area (Å²) in [4.78, 5) is 48.7. The Morgan fingerprint density at radius 1 is 1.07 bits per heavy atom. The lowest BCUT2D eigenvalue weighted by molar-refractivity contribution is -0.140. The third-order valence-electron chi connectivity index (χ3n) is 11.9. The van der Waals surface area contributed by atoms with Crippen molar-refractivity contribution in [3.8, 4) is 28.6 Å². The molecule has 6 atom stereocenters. The minimum Gasteiger partial charge on any atom is -0.497 e. The van der Waals surface area contributed by atoms with Crippen molar-refractivity contribution in [1.29, 1.82) is 0 Å². The maximum absolute atomic E-state index is 15.2. The molecule has 2 aliphatic heterocycles. The second kappa shape index (κ2) is 15.6. The van der Waals surface area contributed by atoms with E-state index in [1.54, 1.807) is 32.2 Å². The number of sulfonamides is 1. The quantitative estimate of drug-likeness (QED) is 0.232. The van der Waals surface area contributed by atoms with E-state index in [9.17, 15) is 22.8 Å². The van der Waals surface area contributed by atoms with Crippen LogP contribution >= 0.6 is 0 Å². The van der Waals surface area contributed by atoms with Gasteiger partial charge in [-0.1, -0.05) is 26.0 Å². The van der Waals surface area contributed by atoms with Crippen molar-refractivity contribution in [3.05, 3.63) is 60.4 Å². The Morgan fingerprint density at radius 2 is 1.84 bits per heavy atom. The number of halogens is 1. The standard InChI is InChI=1S/C43H53FN4O8S/c1-25(2)55-37-14-11-28(20-34(37)44)35-21-29-19-31(54-6)12-13-33(29)40(45-35)56-32-22-36-39(50)46-43(41(51)47-57(52,53)42(5)15-16-42)23-30(43)10-8-7-9-26(3)17-27(4)18-38(49)48(36)24-32/h8,10-14,19-21,25-27,30,32,36H,7,9,15-18,22-24H2,1-6H3,(H,46,50)(H,47,51)/b10-8-/t26-,27+,30+,32+,36-,43+/m0/s1. The van der Waals surface area contributed by atoms with E-state index in [0.29, 0.717) is 41.2 Å². The van der Waals surface area contributed by atoms with E-state index in [2.05, 4.69) is 17.0 Å². The third kappa shape index (κ3) is 8.47. The van der Waals surface area contributed by atoms with E-state index >= 15 is 4.39 Å². The molecule has 2 aromatic carbocycles. The highest BCUT2D eigenvalue weighted by Gasteiger charge is 2.63. The number of nitrogens with zero attached hydrogens (tertiary/aromatic N) is 2. The van der Waals surface area contributed by atoms with Gasteiger partial charge >= 0.3 is 0 Å². The number of pyridine rings is 1. The van der Waals surface area contributed by atoms with Crippen LogP contribution in [0.2, 0.25) is 0 Å². The van der Waals surface area contributed by atoms with Gasteiger partial charge in [0.05, 0.1) is 30.2 Å². The van der Waals surface area contributed by atoms with Crippen molar-refractivity contribution in [2.75, 3.05) is 13.7 Å². The van der Waals surface area contributed by atoms with E-state index < -0.39 is 56.0 Å². The Labute approximate surface area is 334 Å². The second-order valence-corrected chi connectivity index (χ2v) is 19.3. The van der Waals surface area contributed by atoms with Crippen molar-refractivity contribution in [1.82, 2.24) is 19.9 Å². The summed E-state index contributed by atoms with van der Waals surface area (Å²) in [6.07, 6.45) is 6.94. The fraction of sp³-hybridized carbons (Fsp3) is 0.535. The van der Waals surface area contributed by atoms with Gasteiger partial charge in [0, 0.05) is 29.7 Å². The summed E-state index contributed by atoms with van der Waals surface area (Å²) >= 11 is 0. The molecule has 0 bridgehead atoms. The molecule has 0 unspecified atom stereocenters. The first-order chi connectivity index (χ1) is 27.0. The number of carbonyl (C=O) groups is 3. The van der Waals surface area contributed by atoms with Gasteiger partial charge < -0.3 is 24.4 Å². The summed E-state index contributed by atoms with van der Waals surface area (Å²) in [5, 5.41) is 4.30. The average molecular weight is 805 g/mol. The first-order valence-corrected chi connectivity index (χ1v) is 21.5. The average Bonchev–Trinajstić information content (AvgIpc) is 4.03. The van der Waals surface area contributed by atoms with Crippen molar-refractivity contribution in [2.45, 2.75) is 115 Å². The Kier molecular flexibility index (Phi) is 11.0. The Balaban J connectivity index is 1.20. The maximum atomic E-state index is 15.2. The van der Waals surface area contributed by atoms with Crippen LogP contribution in [-0.2, 0) is 24.4 Å². The molecule has 2 saturated carbocycles. The lowest BCUT2D eigenvalue weighted by atomic mass is 9.91. The van der Waals surface area contributed by atoms with E-state index in [-0.39, 0.29) is 55.4 Å². The van der Waals surface area contributed by atoms with Crippen LogP contribution < -0.4 is 24.2 Å². The molecule has 2 N–H and O–H groups in total. The number of allylic oxidation sites excluding steroid dienone is 1. The van der Waals surface area contributed by atoms with Crippen LogP contribution in [0.1, 0.15) is 86.0 Å². The molecule has 0 spiro atoms. The molecule has 2 aliphatic carbocycles. The number of hydrogen-bond donors (Lipinski definition) is 2. The van der Waals surface area contributed by atoms with Crippen molar-refractivity contribution >= 4 is 38.5 Å². The largest absolute Gasteiger partial charge is 0.497 e. The van der Waals surface area contributed by atoms with Crippen molar-refractivity contribution in [2.24, 2.45) is 17.8 Å². The number of amides is 3. The van der Waals surface area contributed by atoms with Crippen LogP contribution in [0.5, 0.6) is 17.4 Å². The molecule has 4 aliphatic rings. The normalized spacial score (nSPS) is 28.0. The molecule has 12 nitrogen and oxygen atoms in total. The lowest BCUT2D eigenvalue weighted by Gasteiger charge is -2.28. The molecule has 3 heterocycles. The number of hydrogen-bond acceptors (Lipinski definition) is 9. The SMILES string of the molecule is COc1ccc2c(O[C@@H]3C[C@H]4C(=O)N[C@]5(C(=O)NS(=O)(=O)C6(C)CC6)C[C@H]5/C=C\CC[C@H](C)C[C@@H](C)CC(=O)N4C3)nc(-c3ccc(OC(C)C)c(F)c3)cc2c1. The number of fused-ring (bicyclic) bond motifs is 3. The van der Waals surface area contributed by atoms with Gasteiger partial charge in [-0.05, 0) is 119 Å². The summed E-state index contributed by atoms with van der Waals surface area (Å²) in [6, 6.07) is 10.9. The van der Waals surface area contributed by atoms with Crippen LogP contribution in [0.15, 0.2) is 54.6 Å². The van der Waals surface area contributed by atoms with Crippen LogP contribution in [0, 0.1) is 23.6 Å². The number of nitrogens with one attached hydrogen (secondary N) is 2. The molecule has 57 heavy (non-hydrogen) atoms. The second-order valence-electron chi connectivity index (χ2n) is 17.1. The van der Waals surface area contributed by atoms with Crippen molar-refractivity contribution in [3.63, 3.8) is 0 Å². The van der Waals surface area contributed by atoms with Gasteiger partial charge in [0.1, 0.15) is 23.4 Å². The molecule has 14 heteroatoms. The predicted molar refractivity (Wildman–Crippen MR) is 214 cm³/mol. The molecule has 1 aromatic heterocycles. The first kappa shape index (κ1) is 40.5. The molecule has 1 saturated heterocycles. The number of aromatic nitrogens is 1. The number of methoxy groups -OCH3 is 1. The predicted octanol–water partition coefficient (Wildman–Crippen LogP) is 6.46. The molecule has 7 rings (SSSR count). The number of rotatable bonds is 9. The Bertz CT molecular complexity index is 2210. The van der Waals surface area contributed by atoms with Gasteiger partial charge in [0.2, 0.25) is 27.7 Å². The fourth-order valence-corrected chi connectivity index (χ4v) is 9.47. The number of ether oxygens (including phenoxy) is 3. The Hall–Kier alpha value is -4.72. The summed E-state index contributed by atoms with van der Waals surface area (Å²) in [6.45, 7) is 9.51. The van der Waals surface area contributed by atoms with E-state index in [1.165, 1.54) is 11.0 Å². The first-order valence-electron chi connectivity index (χ1n) is 20.0. The zero-order valence-corrected chi connectivity index (χ0v) is 34.3. The van der Waals surface area contributed by atoms with Crippen LogP contribution in [0.25, 0.3) is 22.0 Å². The number of carbonyl (C=O) groups excluding carboxylic acids is 3. The summed E-state index contributed by atoms with van der Waals surface area (Å²) in [5.74, 6) is -1.13. The van der Waals surface area contributed by atoms with Crippen molar-refractivity contribution < 1.29 is 41.4 Å².